The van der Waals surface area contributed by atoms with E-state index in [2.05, 4.69) is 0 Å². The van der Waals surface area contributed by atoms with Crippen molar-refractivity contribution in [2.24, 2.45) is 0 Å². The van der Waals surface area contributed by atoms with E-state index in [-0.39, 0.29) is 12.2 Å². The molecule has 1 rings (SSSR count). The smallest absolute Gasteiger partial charge is 0.0939 e. The van der Waals surface area contributed by atoms with Gasteiger partial charge in [-0.15, -0.1) is 0 Å². The summed E-state index contributed by atoms with van der Waals surface area (Å²) in [5, 5.41) is 0. The normalized spacial score (nSPS) is 34.2. The van der Waals surface area contributed by atoms with Crippen LogP contribution in [0, 0.1) is 0 Å². The van der Waals surface area contributed by atoms with Gasteiger partial charge in [-0.25, -0.2) is 0 Å². The molecule has 1 heterocycles. The maximum absolute atomic E-state index is 5.24. The highest BCUT2D eigenvalue weighted by atomic mass is 33.1. The fourth-order valence-corrected chi connectivity index (χ4v) is 3.43. The van der Waals surface area contributed by atoms with Gasteiger partial charge in [0.15, 0.2) is 0 Å². The second-order valence-electron chi connectivity index (χ2n) is 2.12. The number of methoxy groups -OCH3 is 2. The first kappa shape index (κ1) is 8.71. The van der Waals surface area contributed by atoms with Gasteiger partial charge in [0.05, 0.1) is 12.2 Å². The molecule has 0 aliphatic carbocycles. The SMILES string of the molecule is COC1CSSCC1OC. The van der Waals surface area contributed by atoms with Crippen LogP contribution in [-0.2, 0) is 9.47 Å². The van der Waals surface area contributed by atoms with Crippen LogP contribution < -0.4 is 0 Å². The van der Waals surface area contributed by atoms with Crippen molar-refractivity contribution in [3.63, 3.8) is 0 Å². The van der Waals surface area contributed by atoms with Crippen molar-refractivity contribution in [2.75, 3.05) is 25.7 Å². The minimum absolute atomic E-state index is 0.288. The van der Waals surface area contributed by atoms with Gasteiger partial charge in [0.1, 0.15) is 0 Å². The van der Waals surface area contributed by atoms with Crippen LogP contribution in [0.1, 0.15) is 0 Å². The lowest BCUT2D eigenvalue weighted by atomic mass is 10.2. The van der Waals surface area contributed by atoms with Gasteiger partial charge >= 0.3 is 0 Å². The molecule has 0 aromatic rings. The molecular formula is C6H12O2S2. The van der Waals surface area contributed by atoms with Crippen molar-refractivity contribution in [2.45, 2.75) is 12.2 Å². The Kier molecular flexibility index (Phi) is 3.91. The summed E-state index contributed by atoms with van der Waals surface area (Å²) in [4.78, 5) is 0. The Balaban J connectivity index is 2.34. The van der Waals surface area contributed by atoms with E-state index in [4.69, 9.17) is 9.47 Å². The lowest BCUT2D eigenvalue weighted by Gasteiger charge is -2.27. The lowest BCUT2D eigenvalue weighted by Crippen LogP contribution is -2.36. The van der Waals surface area contributed by atoms with Crippen molar-refractivity contribution in [3.05, 3.63) is 0 Å². The fraction of sp³-hybridized carbons (Fsp3) is 1.00. The van der Waals surface area contributed by atoms with Crippen LogP contribution in [0.2, 0.25) is 0 Å². The van der Waals surface area contributed by atoms with E-state index < -0.39 is 0 Å². The first-order valence-corrected chi connectivity index (χ1v) is 5.67. The molecule has 0 aromatic heterocycles. The topological polar surface area (TPSA) is 18.5 Å². The molecule has 0 spiro atoms. The van der Waals surface area contributed by atoms with Crippen LogP contribution in [0.15, 0.2) is 0 Å². The Morgan fingerprint density at radius 3 is 1.70 bits per heavy atom. The molecule has 0 bridgehead atoms. The van der Waals surface area contributed by atoms with Gasteiger partial charge in [-0.05, 0) is 0 Å². The van der Waals surface area contributed by atoms with Crippen molar-refractivity contribution in [3.8, 4) is 0 Å². The van der Waals surface area contributed by atoms with Gasteiger partial charge in [-0.3, -0.25) is 0 Å². The standard InChI is InChI=1S/C6H12O2S2/c1-7-5-3-9-10-4-6(5)8-2/h5-6H,3-4H2,1-2H3. The third-order valence-electron chi connectivity index (χ3n) is 1.57. The van der Waals surface area contributed by atoms with E-state index in [9.17, 15) is 0 Å². The van der Waals surface area contributed by atoms with E-state index in [0.717, 1.165) is 11.5 Å². The first-order valence-electron chi connectivity index (χ1n) is 3.18. The summed E-state index contributed by atoms with van der Waals surface area (Å²) in [6.07, 6.45) is 0.576. The molecule has 1 saturated heterocycles. The average molecular weight is 180 g/mol. The van der Waals surface area contributed by atoms with Crippen LogP contribution in [0.5, 0.6) is 0 Å². The quantitative estimate of drug-likeness (QED) is 0.598. The summed E-state index contributed by atoms with van der Waals surface area (Å²) in [6, 6.07) is 0. The Hall–Kier alpha value is 0.620. The van der Waals surface area contributed by atoms with Crippen LogP contribution in [0.25, 0.3) is 0 Å². The molecule has 0 radical (unpaired) electrons. The van der Waals surface area contributed by atoms with E-state index in [1.165, 1.54) is 0 Å². The van der Waals surface area contributed by atoms with Crippen molar-refractivity contribution < 1.29 is 9.47 Å². The summed E-state index contributed by atoms with van der Waals surface area (Å²) < 4.78 is 10.5. The maximum Gasteiger partial charge on any atom is 0.0939 e. The number of hydrogen-bond donors (Lipinski definition) is 0. The summed E-state index contributed by atoms with van der Waals surface area (Å²) in [5.41, 5.74) is 0. The second-order valence-corrected chi connectivity index (χ2v) is 4.67. The van der Waals surface area contributed by atoms with Crippen LogP contribution in [0.3, 0.4) is 0 Å². The largest absolute Gasteiger partial charge is 0.378 e. The molecule has 0 aromatic carbocycles. The first-order chi connectivity index (χ1) is 4.88. The summed E-state index contributed by atoms with van der Waals surface area (Å²) >= 11 is 0. The highest BCUT2D eigenvalue weighted by Crippen LogP contribution is 2.31. The molecule has 10 heavy (non-hydrogen) atoms. The Labute approximate surface area is 69.4 Å². The van der Waals surface area contributed by atoms with E-state index in [1.54, 1.807) is 14.2 Å². The lowest BCUT2D eigenvalue weighted by molar-refractivity contribution is -0.0110. The van der Waals surface area contributed by atoms with Gasteiger partial charge in [-0.2, -0.15) is 0 Å². The second kappa shape index (κ2) is 4.49. The minimum Gasteiger partial charge on any atom is -0.378 e. The molecule has 2 atom stereocenters. The van der Waals surface area contributed by atoms with Crippen molar-refractivity contribution >= 4 is 21.6 Å². The van der Waals surface area contributed by atoms with Gasteiger partial charge in [0.25, 0.3) is 0 Å². The predicted octanol–water partition coefficient (Wildman–Crippen LogP) is 1.41. The molecule has 0 saturated carbocycles. The predicted molar refractivity (Wildman–Crippen MR) is 46.5 cm³/mol. The zero-order chi connectivity index (χ0) is 7.40. The van der Waals surface area contributed by atoms with Gasteiger partial charge < -0.3 is 9.47 Å². The van der Waals surface area contributed by atoms with Gasteiger partial charge in [0, 0.05) is 25.7 Å². The minimum atomic E-state index is 0.288. The molecule has 4 heteroatoms. The van der Waals surface area contributed by atoms with Gasteiger partial charge in [0.2, 0.25) is 0 Å². The Bertz CT molecular complexity index is 87.7. The summed E-state index contributed by atoms with van der Waals surface area (Å²) in [5.74, 6) is 2.08. The molecule has 1 aliphatic rings. The monoisotopic (exact) mass is 180 g/mol. The van der Waals surface area contributed by atoms with Crippen LogP contribution in [0.4, 0.5) is 0 Å². The van der Waals surface area contributed by atoms with Gasteiger partial charge in [-0.1, -0.05) is 21.6 Å². The van der Waals surface area contributed by atoms with E-state index in [1.807, 2.05) is 21.6 Å². The zero-order valence-electron chi connectivity index (χ0n) is 6.20. The molecular weight excluding hydrogens is 168 g/mol. The highest BCUT2D eigenvalue weighted by molar-refractivity contribution is 8.76. The Morgan fingerprint density at radius 1 is 1.00 bits per heavy atom. The number of rotatable bonds is 2. The molecule has 2 nitrogen and oxygen atoms in total. The third-order valence-corrected chi connectivity index (χ3v) is 3.98. The summed E-state index contributed by atoms with van der Waals surface area (Å²) in [7, 11) is 7.20. The van der Waals surface area contributed by atoms with Crippen LogP contribution in [-0.4, -0.2) is 37.9 Å². The number of hydrogen-bond acceptors (Lipinski definition) is 4. The van der Waals surface area contributed by atoms with Crippen LogP contribution >= 0.6 is 21.6 Å². The van der Waals surface area contributed by atoms with E-state index >= 15 is 0 Å². The Morgan fingerprint density at radius 2 is 1.40 bits per heavy atom. The van der Waals surface area contributed by atoms with E-state index in [0.29, 0.717) is 0 Å². The third kappa shape index (κ3) is 2.05. The molecule has 60 valence electrons. The average Bonchev–Trinajstić information content (AvgIpc) is 2.04. The molecule has 2 unspecified atom stereocenters. The maximum atomic E-state index is 5.24. The highest BCUT2D eigenvalue weighted by Gasteiger charge is 2.25. The molecule has 1 aliphatic heterocycles. The molecule has 0 N–H and O–H groups in total. The van der Waals surface area contributed by atoms with Crippen molar-refractivity contribution in [1.29, 1.82) is 0 Å². The summed E-state index contributed by atoms with van der Waals surface area (Å²) in [6.45, 7) is 0. The zero-order valence-corrected chi connectivity index (χ0v) is 7.83. The fourth-order valence-electron chi connectivity index (χ4n) is 0.885. The number of ether oxygens (including phenoxy) is 2. The van der Waals surface area contributed by atoms with Crippen molar-refractivity contribution in [1.82, 2.24) is 0 Å². The molecule has 1 fully saturated rings. The molecule has 0 amide bonds.